The molecule has 16 heavy (non-hydrogen) atoms. The quantitative estimate of drug-likeness (QED) is 0.553. The van der Waals surface area contributed by atoms with Crippen LogP contribution in [0.2, 0.25) is 0 Å². The Morgan fingerprint density at radius 3 is 2.31 bits per heavy atom. The molecule has 1 fully saturated rings. The van der Waals surface area contributed by atoms with Crippen molar-refractivity contribution >= 4 is 11.9 Å². The van der Waals surface area contributed by atoms with E-state index in [4.69, 9.17) is 0 Å². The number of aliphatic hydroxyl groups excluding tert-OH is 1. The fourth-order valence-electron chi connectivity index (χ4n) is 2.39. The summed E-state index contributed by atoms with van der Waals surface area (Å²) in [6.45, 7) is 1.33. The molecule has 0 aromatic heterocycles. The van der Waals surface area contributed by atoms with E-state index in [0.29, 0.717) is 12.8 Å². The number of carboxylic acid groups (broad SMARTS) is 1. The van der Waals surface area contributed by atoms with Crippen LogP contribution >= 0.6 is 0 Å². The molecule has 0 radical (unpaired) electrons. The van der Waals surface area contributed by atoms with E-state index in [2.05, 4.69) is 4.74 Å². The number of carbonyl (C=O) groups is 2. The molecule has 1 saturated carbocycles. The average molecular weight is 230 g/mol. The van der Waals surface area contributed by atoms with Gasteiger partial charge in [-0.15, -0.1) is 0 Å². The van der Waals surface area contributed by atoms with Crippen molar-refractivity contribution in [3.8, 4) is 0 Å². The van der Waals surface area contributed by atoms with Gasteiger partial charge in [-0.1, -0.05) is 12.8 Å². The molecule has 2 N–H and O–H groups in total. The molecule has 1 rings (SSSR count). The number of esters is 1. The van der Waals surface area contributed by atoms with Crippen molar-refractivity contribution in [1.82, 2.24) is 0 Å². The molecule has 1 aliphatic carbocycles. The van der Waals surface area contributed by atoms with Crippen LogP contribution in [0.1, 0.15) is 32.6 Å². The lowest BCUT2D eigenvalue weighted by atomic mass is 9.68. The first-order valence-corrected chi connectivity index (χ1v) is 5.44. The van der Waals surface area contributed by atoms with E-state index >= 15 is 0 Å². The minimum absolute atomic E-state index is 0.541. The molecule has 0 amide bonds. The minimum Gasteiger partial charge on any atom is -0.480 e. The van der Waals surface area contributed by atoms with Crippen LogP contribution in [0.25, 0.3) is 0 Å². The van der Waals surface area contributed by atoms with E-state index in [9.17, 15) is 19.8 Å². The van der Waals surface area contributed by atoms with Crippen molar-refractivity contribution in [2.75, 3.05) is 7.11 Å². The topological polar surface area (TPSA) is 83.8 Å². The van der Waals surface area contributed by atoms with Crippen LogP contribution in [0, 0.1) is 11.3 Å². The van der Waals surface area contributed by atoms with E-state index in [1.807, 2.05) is 0 Å². The Labute approximate surface area is 94.4 Å². The van der Waals surface area contributed by atoms with Crippen molar-refractivity contribution in [2.45, 2.75) is 38.7 Å². The molecule has 0 aromatic carbocycles. The average Bonchev–Trinajstić information content (AvgIpc) is 2.27. The smallest absolute Gasteiger partial charge is 0.323 e. The van der Waals surface area contributed by atoms with E-state index < -0.39 is 29.4 Å². The van der Waals surface area contributed by atoms with Crippen LogP contribution in [-0.4, -0.2) is 35.4 Å². The Balaban J connectivity index is 3.00. The first-order chi connectivity index (χ1) is 7.44. The molecular formula is C11H18O5. The van der Waals surface area contributed by atoms with Gasteiger partial charge in [-0.3, -0.25) is 9.59 Å². The van der Waals surface area contributed by atoms with Gasteiger partial charge in [0, 0.05) is 5.92 Å². The fourth-order valence-corrected chi connectivity index (χ4v) is 2.39. The molecular weight excluding hydrogens is 212 g/mol. The highest BCUT2D eigenvalue weighted by atomic mass is 16.5. The monoisotopic (exact) mass is 230 g/mol. The number of rotatable bonds is 3. The normalized spacial score (nSPS) is 29.2. The van der Waals surface area contributed by atoms with Gasteiger partial charge in [-0.2, -0.15) is 0 Å². The van der Waals surface area contributed by atoms with E-state index in [0.717, 1.165) is 12.8 Å². The third-order valence-electron chi connectivity index (χ3n) is 3.52. The van der Waals surface area contributed by atoms with Gasteiger partial charge >= 0.3 is 11.9 Å². The number of aliphatic hydroxyl groups is 1. The van der Waals surface area contributed by atoms with Crippen LogP contribution in [0.4, 0.5) is 0 Å². The summed E-state index contributed by atoms with van der Waals surface area (Å²) in [4.78, 5) is 22.9. The number of hydrogen-bond donors (Lipinski definition) is 2. The van der Waals surface area contributed by atoms with Gasteiger partial charge in [-0.25, -0.2) is 0 Å². The molecule has 5 nitrogen and oxygen atoms in total. The zero-order chi connectivity index (χ0) is 12.3. The Hall–Kier alpha value is -1.10. The van der Waals surface area contributed by atoms with Gasteiger partial charge in [-0.05, 0) is 19.8 Å². The number of hydrogen-bond acceptors (Lipinski definition) is 4. The predicted octanol–water partition coefficient (Wildman–Crippen LogP) is 0.801. The lowest BCUT2D eigenvalue weighted by molar-refractivity contribution is -0.175. The molecule has 0 aromatic rings. The largest absolute Gasteiger partial charge is 0.480 e. The van der Waals surface area contributed by atoms with Gasteiger partial charge in [0.2, 0.25) is 0 Å². The highest BCUT2D eigenvalue weighted by Crippen LogP contribution is 2.39. The highest BCUT2D eigenvalue weighted by molar-refractivity contribution is 5.99. The van der Waals surface area contributed by atoms with E-state index in [1.165, 1.54) is 14.0 Å². The molecule has 0 bridgehead atoms. The fraction of sp³-hybridized carbons (Fsp3) is 0.818. The summed E-state index contributed by atoms with van der Waals surface area (Å²) < 4.78 is 4.55. The Bertz CT molecular complexity index is 288. The second kappa shape index (κ2) is 4.82. The van der Waals surface area contributed by atoms with Crippen molar-refractivity contribution in [3.63, 3.8) is 0 Å². The second-order valence-electron chi connectivity index (χ2n) is 4.46. The van der Waals surface area contributed by atoms with Crippen molar-refractivity contribution < 1.29 is 24.5 Å². The number of carboxylic acids is 1. The van der Waals surface area contributed by atoms with Gasteiger partial charge < -0.3 is 14.9 Å². The summed E-state index contributed by atoms with van der Waals surface area (Å²) in [5.74, 6) is -2.58. The molecule has 0 aliphatic heterocycles. The summed E-state index contributed by atoms with van der Waals surface area (Å²) in [5, 5.41) is 19.0. The Morgan fingerprint density at radius 1 is 1.31 bits per heavy atom. The maximum absolute atomic E-state index is 11.6. The maximum Gasteiger partial charge on any atom is 0.323 e. The lowest BCUT2D eigenvalue weighted by Crippen LogP contribution is -2.49. The molecule has 3 unspecified atom stereocenters. The van der Waals surface area contributed by atoms with Crippen molar-refractivity contribution in [2.24, 2.45) is 11.3 Å². The molecule has 0 spiro atoms. The third-order valence-corrected chi connectivity index (χ3v) is 3.52. The SMILES string of the molecule is COC(=O)C(C)(C(=O)O)C1CCCCC1O. The van der Waals surface area contributed by atoms with Crippen LogP contribution in [-0.2, 0) is 14.3 Å². The number of methoxy groups -OCH3 is 1. The van der Waals surface area contributed by atoms with Crippen LogP contribution in [0.5, 0.6) is 0 Å². The Morgan fingerprint density at radius 2 is 1.88 bits per heavy atom. The predicted molar refractivity (Wildman–Crippen MR) is 55.7 cm³/mol. The second-order valence-corrected chi connectivity index (χ2v) is 4.46. The molecule has 0 saturated heterocycles. The summed E-state index contributed by atoms with van der Waals surface area (Å²) in [7, 11) is 1.17. The number of carbonyl (C=O) groups excluding carboxylic acids is 1. The van der Waals surface area contributed by atoms with Gasteiger partial charge in [0.05, 0.1) is 13.2 Å². The zero-order valence-corrected chi connectivity index (χ0v) is 9.60. The minimum atomic E-state index is -1.64. The number of ether oxygens (including phenoxy) is 1. The summed E-state index contributed by atoms with van der Waals surface area (Å²) in [6.07, 6.45) is 2.05. The summed E-state index contributed by atoms with van der Waals surface area (Å²) in [6, 6.07) is 0. The third kappa shape index (κ3) is 2.04. The van der Waals surface area contributed by atoms with Crippen LogP contribution in [0.15, 0.2) is 0 Å². The standard InChI is InChI=1S/C11H18O5/c1-11(9(13)14,10(15)16-2)7-5-3-4-6-8(7)12/h7-8,12H,3-6H2,1-2H3,(H,13,14). The number of aliphatic carboxylic acids is 1. The van der Waals surface area contributed by atoms with Crippen LogP contribution in [0.3, 0.4) is 0 Å². The zero-order valence-electron chi connectivity index (χ0n) is 9.60. The van der Waals surface area contributed by atoms with Gasteiger partial charge in [0.25, 0.3) is 0 Å². The molecule has 3 atom stereocenters. The summed E-state index contributed by atoms with van der Waals surface area (Å²) >= 11 is 0. The molecule has 0 heterocycles. The van der Waals surface area contributed by atoms with E-state index in [1.54, 1.807) is 0 Å². The highest BCUT2D eigenvalue weighted by Gasteiger charge is 2.52. The van der Waals surface area contributed by atoms with Gasteiger partial charge in [0.15, 0.2) is 5.41 Å². The first kappa shape index (κ1) is 13.0. The van der Waals surface area contributed by atoms with Crippen LogP contribution < -0.4 is 0 Å². The Kier molecular flexibility index (Phi) is 3.91. The van der Waals surface area contributed by atoms with E-state index in [-0.39, 0.29) is 0 Å². The van der Waals surface area contributed by atoms with Crippen molar-refractivity contribution in [1.29, 1.82) is 0 Å². The van der Waals surface area contributed by atoms with Gasteiger partial charge in [0.1, 0.15) is 0 Å². The molecule has 5 heteroatoms. The van der Waals surface area contributed by atoms with Crippen molar-refractivity contribution in [3.05, 3.63) is 0 Å². The lowest BCUT2D eigenvalue weighted by Gasteiger charge is -2.37. The summed E-state index contributed by atoms with van der Waals surface area (Å²) in [5.41, 5.74) is -1.64. The molecule has 1 aliphatic rings. The first-order valence-electron chi connectivity index (χ1n) is 5.44. The molecule has 92 valence electrons. The maximum atomic E-state index is 11.6.